The first-order chi connectivity index (χ1) is 15.3. The molecule has 6 nitrogen and oxygen atoms in total. The Labute approximate surface area is 206 Å². The minimum atomic E-state index is -2.27. The zero-order valence-corrected chi connectivity index (χ0v) is 18.2. The van der Waals surface area contributed by atoms with Gasteiger partial charge >= 0.3 is 0 Å². The lowest BCUT2D eigenvalue weighted by Gasteiger charge is -2.70. The molecule has 14 radical (unpaired) electrons. The van der Waals surface area contributed by atoms with Crippen molar-refractivity contribution < 1.29 is 4.79 Å². The van der Waals surface area contributed by atoms with E-state index in [9.17, 15) is 4.79 Å². The fourth-order valence-corrected chi connectivity index (χ4v) is 4.00. The number of nitrogens with zero attached hydrogens (tertiary/aromatic N) is 4. The van der Waals surface area contributed by atoms with Gasteiger partial charge < -0.3 is 4.90 Å². The first-order valence-electron chi connectivity index (χ1n) is 9.76. The number of hydrogen-bond donors (Lipinski definition) is 1. The zero-order valence-electron chi connectivity index (χ0n) is 17.4. The number of aromatic nitrogens is 4. The Balaban J connectivity index is 1.83. The highest BCUT2D eigenvalue weighted by Crippen LogP contribution is 2.67. The summed E-state index contributed by atoms with van der Waals surface area (Å²) in [6.07, 6.45) is 4.45. The molecule has 1 aliphatic rings. The van der Waals surface area contributed by atoms with Crippen LogP contribution < -0.4 is 4.90 Å². The number of anilines is 1. The summed E-state index contributed by atoms with van der Waals surface area (Å²) in [5.41, 5.74) is 1.81. The molecule has 1 amide bonds. The van der Waals surface area contributed by atoms with E-state index < -0.39 is 27.0 Å². The summed E-state index contributed by atoms with van der Waals surface area (Å²) >= 11 is 5.86. The van der Waals surface area contributed by atoms with Crippen molar-refractivity contribution in [1.29, 1.82) is 0 Å². The lowest BCUT2D eigenvalue weighted by Crippen LogP contribution is -2.74. The highest BCUT2D eigenvalue weighted by Gasteiger charge is 2.64. The maximum absolute atomic E-state index is 13.8. The average molecular weight is 436 g/mol. The molecule has 4 heterocycles. The third-order valence-corrected chi connectivity index (χ3v) is 6.32. The molecule has 1 saturated heterocycles. The zero-order chi connectivity index (χ0) is 24.2. The van der Waals surface area contributed by atoms with Crippen LogP contribution in [0.25, 0.3) is 11.3 Å². The lowest BCUT2D eigenvalue weighted by molar-refractivity contribution is -0.124. The van der Waals surface area contributed by atoms with Crippen LogP contribution in [0.1, 0.15) is 5.56 Å². The molecule has 0 aromatic carbocycles. The van der Waals surface area contributed by atoms with Crippen molar-refractivity contribution in [2.45, 2.75) is 27.5 Å². The van der Waals surface area contributed by atoms with Crippen molar-refractivity contribution in [3.05, 3.63) is 59.6 Å². The molecule has 3 aromatic rings. The van der Waals surface area contributed by atoms with E-state index in [1.807, 2.05) is 0 Å². The molecule has 1 aliphatic heterocycles. The van der Waals surface area contributed by atoms with E-state index in [2.05, 4.69) is 20.2 Å². The number of carbonyl (C=O) groups is 1. The average Bonchev–Trinajstić information content (AvgIpc) is 3.24. The van der Waals surface area contributed by atoms with Crippen LogP contribution in [0.5, 0.6) is 0 Å². The maximum atomic E-state index is 13.8. The molecule has 146 valence electrons. The highest BCUT2D eigenvalue weighted by molar-refractivity contribution is 6.67. The third-order valence-electron chi connectivity index (χ3n) is 6.10. The minimum Gasteiger partial charge on any atom is -0.308 e. The SMILES string of the molecule is [B]C1(Cc2ccc(Cl)nc2)C(=O)N(c2cc(-c3ccncc3)[nH]n2)C([B])([B])C([B])([B])C1([B])[B]. The molecular formula is C19H11B7ClN5O. The normalized spacial score (nSPS) is 23.3. The molecular weight excluding hydrogens is 425 g/mol. The molecule has 3 aromatic heterocycles. The number of piperidine rings is 1. The molecule has 1 N–H and O–H groups in total. The summed E-state index contributed by atoms with van der Waals surface area (Å²) in [5, 5.41) is -1.58. The second kappa shape index (κ2) is 7.90. The van der Waals surface area contributed by atoms with Crippen molar-refractivity contribution in [3.63, 3.8) is 0 Å². The van der Waals surface area contributed by atoms with Gasteiger partial charge in [-0.2, -0.15) is 5.10 Å². The van der Waals surface area contributed by atoms with E-state index in [4.69, 9.17) is 66.5 Å². The van der Waals surface area contributed by atoms with E-state index in [1.54, 1.807) is 36.7 Å². The molecule has 14 heteroatoms. The molecule has 0 aliphatic carbocycles. The van der Waals surface area contributed by atoms with Gasteiger partial charge in [0.2, 0.25) is 5.91 Å². The number of halogens is 1. The molecule has 0 saturated carbocycles. The van der Waals surface area contributed by atoms with E-state index >= 15 is 0 Å². The molecule has 0 spiro atoms. The third kappa shape index (κ3) is 3.51. The van der Waals surface area contributed by atoms with Gasteiger partial charge in [-0.3, -0.25) is 14.9 Å². The fraction of sp³-hybridized carbons (Fsp3) is 0.263. The van der Waals surface area contributed by atoms with Gasteiger partial charge in [-0.1, -0.05) is 17.7 Å². The Morgan fingerprint density at radius 1 is 0.970 bits per heavy atom. The van der Waals surface area contributed by atoms with Crippen LogP contribution >= 0.6 is 11.6 Å². The van der Waals surface area contributed by atoms with Gasteiger partial charge in [0.1, 0.15) is 5.15 Å². The van der Waals surface area contributed by atoms with Gasteiger partial charge in [-0.25, -0.2) is 4.98 Å². The Hall–Kier alpha value is -2.28. The summed E-state index contributed by atoms with van der Waals surface area (Å²) in [5.74, 6) is -0.802. The molecule has 0 bridgehead atoms. The van der Waals surface area contributed by atoms with Gasteiger partial charge in [0, 0.05) is 35.5 Å². The van der Waals surface area contributed by atoms with Gasteiger partial charge in [-0.05, 0) is 35.5 Å². The van der Waals surface area contributed by atoms with Crippen LogP contribution in [0.4, 0.5) is 5.82 Å². The second-order valence-corrected chi connectivity index (χ2v) is 8.60. The quantitative estimate of drug-likeness (QED) is 0.473. The number of rotatable bonds is 4. The van der Waals surface area contributed by atoms with Crippen LogP contribution in [-0.2, 0) is 11.2 Å². The Morgan fingerprint density at radius 2 is 1.64 bits per heavy atom. The first kappa shape index (κ1) is 23.9. The van der Waals surface area contributed by atoms with E-state index in [1.165, 1.54) is 12.3 Å². The van der Waals surface area contributed by atoms with Crippen molar-refractivity contribution >= 4 is 78.2 Å². The first-order valence-corrected chi connectivity index (χ1v) is 10.1. The van der Waals surface area contributed by atoms with Crippen LogP contribution in [0.2, 0.25) is 20.9 Å². The van der Waals surface area contributed by atoms with Crippen LogP contribution in [0.3, 0.4) is 0 Å². The van der Waals surface area contributed by atoms with Crippen LogP contribution in [0, 0.1) is 0 Å². The number of nitrogens with one attached hydrogen (secondary N) is 1. The predicted molar refractivity (Wildman–Crippen MR) is 133 cm³/mol. The van der Waals surface area contributed by atoms with Crippen molar-refractivity contribution in [3.8, 4) is 11.3 Å². The smallest absolute Gasteiger partial charge is 0.223 e. The summed E-state index contributed by atoms with van der Waals surface area (Å²) in [7, 11) is 44.5. The Morgan fingerprint density at radius 3 is 2.24 bits per heavy atom. The van der Waals surface area contributed by atoms with E-state index in [0.29, 0.717) is 11.3 Å². The van der Waals surface area contributed by atoms with Crippen molar-refractivity contribution in [2.24, 2.45) is 0 Å². The summed E-state index contributed by atoms with van der Waals surface area (Å²) in [6, 6.07) is 8.19. The van der Waals surface area contributed by atoms with Crippen molar-refractivity contribution in [1.82, 2.24) is 20.2 Å². The summed E-state index contributed by atoms with van der Waals surface area (Å²) in [4.78, 5) is 22.7. The summed E-state index contributed by atoms with van der Waals surface area (Å²) in [6.45, 7) is 0. The lowest BCUT2D eigenvalue weighted by atomic mass is 9.12. The fourth-order valence-electron chi connectivity index (χ4n) is 3.88. The largest absolute Gasteiger partial charge is 0.308 e. The highest BCUT2D eigenvalue weighted by atomic mass is 35.5. The number of hydrogen-bond acceptors (Lipinski definition) is 4. The Kier molecular flexibility index (Phi) is 5.71. The molecule has 1 unspecified atom stereocenters. The van der Waals surface area contributed by atoms with Gasteiger partial charge in [-0.15, -0.1) is 10.4 Å². The second-order valence-electron chi connectivity index (χ2n) is 8.22. The summed E-state index contributed by atoms with van der Waals surface area (Å²) < 4.78 is 0. The molecule has 1 fully saturated rings. The number of amides is 1. The topological polar surface area (TPSA) is 74.8 Å². The number of pyridine rings is 2. The number of aromatic amines is 1. The minimum absolute atomic E-state index is 0.0247. The molecule has 4 rings (SSSR count). The predicted octanol–water partition coefficient (Wildman–Crippen LogP) is 0.334. The van der Waals surface area contributed by atoms with Gasteiger partial charge in [0.05, 0.1) is 60.6 Å². The standard InChI is InChI=1S/C19H11B7ClN5O/c20-16(8-10-1-2-13(27)29-9-10)15(33)32(19(25,26)18(23,24)17(16,21)22)14-7-12(30-31-14)11-3-5-28-6-4-11/h1-7,9H,8H2,(H,30,31). The number of H-pyrrole nitrogens is 1. The van der Waals surface area contributed by atoms with E-state index in [-0.39, 0.29) is 17.4 Å². The van der Waals surface area contributed by atoms with Crippen LogP contribution in [0.15, 0.2) is 48.9 Å². The molecule has 1 atom stereocenters. The Bertz CT molecular complexity index is 1190. The number of carbonyl (C=O) groups excluding carboxylic acids is 1. The van der Waals surface area contributed by atoms with E-state index in [0.717, 1.165) is 10.5 Å². The van der Waals surface area contributed by atoms with Crippen molar-refractivity contribution in [2.75, 3.05) is 4.90 Å². The molecule has 33 heavy (non-hydrogen) atoms. The van der Waals surface area contributed by atoms with Gasteiger partial charge in [0.25, 0.3) is 0 Å². The maximum Gasteiger partial charge on any atom is 0.223 e. The van der Waals surface area contributed by atoms with Gasteiger partial charge in [0.15, 0.2) is 5.82 Å². The van der Waals surface area contributed by atoms with Crippen LogP contribution in [-0.4, -0.2) is 86.3 Å². The monoisotopic (exact) mass is 437 g/mol.